The monoisotopic (exact) mass is 498 g/mol. The van der Waals surface area contributed by atoms with Gasteiger partial charge in [0, 0.05) is 36.7 Å². The van der Waals surface area contributed by atoms with E-state index < -0.39 is 17.6 Å². The van der Waals surface area contributed by atoms with Crippen LogP contribution in [0.3, 0.4) is 0 Å². The molecule has 4 rings (SSSR count). The van der Waals surface area contributed by atoms with Gasteiger partial charge in [0.05, 0.1) is 34.9 Å². The summed E-state index contributed by atoms with van der Waals surface area (Å²) in [6.45, 7) is 3.96. The van der Waals surface area contributed by atoms with Crippen LogP contribution in [-0.4, -0.2) is 54.7 Å². The number of amides is 1. The van der Waals surface area contributed by atoms with E-state index in [1.807, 2.05) is 14.0 Å². The molecule has 0 saturated carbocycles. The zero-order valence-electron chi connectivity index (χ0n) is 20.4. The normalized spacial score (nSPS) is 11.8. The van der Waals surface area contributed by atoms with Crippen molar-refractivity contribution in [3.8, 4) is 16.9 Å². The molecule has 36 heavy (non-hydrogen) atoms. The Bertz CT molecular complexity index is 1420. The van der Waals surface area contributed by atoms with Crippen LogP contribution in [0.15, 0.2) is 42.9 Å². The highest BCUT2D eigenvalue weighted by molar-refractivity contribution is 6.04. The van der Waals surface area contributed by atoms with E-state index in [9.17, 15) is 18.0 Å². The molecule has 0 radical (unpaired) electrons. The predicted molar refractivity (Wildman–Crippen MR) is 128 cm³/mol. The Balaban J connectivity index is 1.63. The fourth-order valence-corrected chi connectivity index (χ4v) is 3.72. The lowest BCUT2D eigenvalue weighted by atomic mass is 10.1. The number of alkyl halides is 3. The summed E-state index contributed by atoms with van der Waals surface area (Å²) in [5.41, 5.74) is 3.25. The molecule has 3 aromatic heterocycles. The fourth-order valence-electron chi connectivity index (χ4n) is 3.72. The standard InChI is InChI=1S/C24H25F3N8O/c1-14-22(35-13-21(31-32-35)20-11-29-34(5)15(20)2)8-17(10-28-14)23(36)30-19-7-16(12-33(3)4)6-18(9-19)24(25,26)27/h6-11,13H,12H2,1-5H3,(H,30,36). The zero-order chi connectivity index (χ0) is 26.2. The zero-order valence-corrected chi connectivity index (χ0v) is 20.4. The quantitative estimate of drug-likeness (QED) is 0.432. The molecule has 0 aliphatic carbocycles. The maximum absolute atomic E-state index is 13.4. The summed E-state index contributed by atoms with van der Waals surface area (Å²) in [6.07, 6.45) is 0.220. The number of rotatable bonds is 6. The molecule has 9 nitrogen and oxygen atoms in total. The number of anilines is 1. The third kappa shape index (κ3) is 5.28. The van der Waals surface area contributed by atoms with Crippen LogP contribution >= 0.6 is 0 Å². The Morgan fingerprint density at radius 2 is 1.86 bits per heavy atom. The second-order valence-corrected chi connectivity index (χ2v) is 8.75. The molecule has 12 heteroatoms. The minimum atomic E-state index is -4.54. The van der Waals surface area contributed by atoms with Crippen LogP contribution in [0.2, 0.25) is 0 Å². The van der Waals surface area contributed by atoms with E-state index in [0.717, 1.165) is 23.4 Å². The molecule has 0 spiro atoms. The minimum absolute atomic E-state index is 0.0453. The molecule has 0 aliphatic heterocycles. The van der Waals surface area contributed by atoms with Crippen LogP contribution in [0.5, 0.6) is 0 Å². The first-order chi connectivity index (χ1) is 16.9. The molecule has 0 bridgehead atoms. The van der Waals surface area contributed by atoms with Crippen molar-refractivity contribution in [2.75, 3.05) is 19.4 Å². The average molecular weight is 499 g/mol. The third-order valence-electron chi connectivity index (χ3n) is 5.65. The predicted octanol–water partition coefficient (Wildman–Crippen LogP) is 4.01. The number of halogens is 3. The van der Waals surface area contributed by atoms with Crippen molar-refractivity contribution < 1.29 is 18.0 Å². The number of pyridine rings is 1. The highest BCUT2D eigenvalue weighted by Crippen LogP contribution is 2.32. The maximum atomic E-state index is 13.4. The van der Waals surface area contributed by atoms with Crippen LogP contribution in [0, 0.1) is 13.8 Å². The molecule has 0 fully saturated rings. The summed E-state index contributed by atoms with van der Waals surface area (Å²) in [6, 6.07) is 5.09. The van der Waals surface area contributed by atoms with Crippen molar-refractivity contribution in [1.82, 2.24) is 34.7 Å². The number of benzene rings is 1. The van der Waals surface area contributed by atoms with Gasteiger partial charge in [0.1, 0.15) is 5.69 Å². The SMILES string of the molecule is Cc1ncc(C(=O)Nc2cc(CN(C)C)cc(C(F)(F)F)c2)cc1-n1cc(-c2cnn(C)c2C)nn1. The molecule has 0 atom stereocenters. The Morgan fingerprint density at radius 1 is 1.11 bits per heavy atom. The molecule has 0 unspecified atom stereocenters. The Morgan fingerprint density at radius 3 is 2.50 bits per heavy atom. The van der Waals surface area contributed by atoms with Gasteiger partial charge in [-0.15, -0.1) is 5.10 Å². The Kier molecular flexibility index (Phi) is 6.63. The van der Waals surface area contributed by atoms with E-state index in [2.05, 4.69) is 25.7 Å². The molecule has 188 valence electrons. The van der Waals surface area contributed by atoms with E-state index in [1.54, 1.807) is 49.1 Å². The van der Waals surface area contributed by atoms with E-state index >= 15 is 0 Å². The van der Waals surface area contributed by atoms with Crippen molar-refractivity contribution in [3.63, 3.8) is 0 Å². The first-order valence-corrected chi connectivity index (χ1v) is 11.0. The van der Waals surface area contributed by atoms with Gasteiger partial charge >= 0.3 is 6.18 Å². The van der Waals surface area contributed by atoms with Crippen LogP contribution in [0.4, 0.5) is 18.9 Å². The summed E-state index contributed by atoms with van der Waals surface area (Å²) in [7, 11) is 5.33. The van der Waals surface area contributed by atoms with Gasteiger partial charge < -0.3 is 10.2 Å². The first-order valence-electron chi connectivity index (χ1n) is 11.0. The van der Waals surface area contributed by atoms with E-state index in [4.69, 9.17) is 0 Å². The van der Waals surface area contributed by atoms with Gasteiger partial charge in [0.15, 0.2) is 0 Å². The van der Waals surface area contributed by atoms with Gasteiger partial charge in [-0.25, -0.2) is 4.68 Å². The number of aromatic nitrogens is 6. The molecular weight excluding hydrogens is 473 g/mol. The van der Waals surface area contributed by atoms with Crippen molar-refractivity contribution in [2.45, 2.75) is 26.6 Å². The van der Waals surface area contributed by atoms with Crippen LogP contribution in [0.25, 0.3) is 16.9 Å². The molecule has 3 heterocycles. The van der Waals surface area contributed by atoms with E-state index in [0.29, 0.717) is 22.6 Å². The second-order valence-electron chi connectivity index (χ2n) is 8.75. The fraction of sp³-hybridized carbons (Fsp3) is 0.292. The largest absolute Gasteiger partial charge is 0.416 e. The van der Waals surface area contributed by atoms with E-state index in [-0.39, 0.29) is 17.8 Å². The van der Waals surface area contributed by atoms with Crippen LogP contribution in [-0.2, 0) is 19.8 Å². The van der Waals surface area contributed by atoms with Gasteiger partial charge in [0.2, 0.25) is 0 Å². The summed E-state index contributed by atoms with van der Waals surface area (Å²) in [4.78, 5) is 19.0. The van der Waals surface area contributed by atoms with Gasteiger partial charge in [0.25, 0.3) is 5.91 Å². The molecule has 0 saturated heterocycles. The van der Waals surface area contributed by atoms with Crippen molar-refractivity contribution >= 4 is 11.6 Å². The second kappa shape index (κ2) is 9.53. The van der Waals surface area contributed by atoms with Crippen LogP contribution in [0.1, 0.15) is 32.9 Å². The van der Waals surface area contributed by atoms with Crippen molar-refractivity contribution in [3.05, 3.63) is 70.9 Å². The van der Waals surface area contributed by atoms with Gasteiger partial charge in [-0.1, -0.05) is 5.21 Å². The minimum Gasteiger partial charge on any atom is -0.322 e. The number of nitrogens with zero attached hydrogens (tertiary/aromatic N) is 7. The lowest BCUT2D eigenvalue weighted by Gasteiger charge is -2.16. The highest BCUT2D eigenvalue weighted by atomic mass is 19.4. The lowest BCUT2D eigenvalue weighted by molar-refractivity contribution is -0.137. The summed E-state index contributed by atoms with van der Waals surface area (Å²) >= 11 is 0. The summed E-state index contributed by atoms with van der Waals surface area (Å²) in [5.74, 6) is -0.595. The molecule has 1 amide bonds. The van der Waals surface area contributed by atoms with Gasteiger partial charge in [-0.05, 0) is 57.8 Å². The average Bonchev–Trinajstić information content (AvgIpc) is 3.39. The molecule has 1 aromatic carbocycles. The van der Waals surface area contributed by atoms with Crippen LogP contribution < -0.4 is 5.32 Å². The molecule has 1 N–H and O–H groups in total. The number of carbonyl (C=O) groups excluding carboxylic acids is 1. The topological polar surface area (TPSA) is 93.8 Å². The molecular formula is C24H25F3N8O. The Labute approximate surface area is 205 Å². The summed E-state index contributed by atoms with van der Waals surface area (Å²) in [5, 5.41) is 15.2. The summed E-state index contributed by atoms with van der Waals surface area (Å²) < 4.78 is 43.5. The van der Waals surface area contributed by atoms with Crippen molar-refractivity contribution in [2.24, 2.45) is 7.05 Å². The third-order valence-corrected chi connectivity index (χ3v) is 5.65. The number of carbonyl (C=O) groups is 1. The van der Waals surface area contributed by atoms with Gasteiger partial charge in [-0.2, -0.15) is 18.3 Å². The maximum Gasteiger partial charge on any atom is 0.416 e. The molecule has 0 aliphatic rings. The molecule has 4 aromatic rings. The highest BCUT2D eigenvalue weighted by Gasteiger charge is 2.31. The lowest BCUT2D eigenvalue weighted by Crippen LogP contribution is -2.16. The number of aryl methyl sites for hydroxylation is 2. The number of hydrogen-bond donors (Lipinski definition) is 1. The smallest absolute Gasteiger partial charge is 0.322 e. The first kappa shape index (κ1) is 25.0. The Hall–Kier alpha value is -4.06. The van der Waals surface area contributed by atoms with Crippen molar-refractivity contribution in [1.29, 1.82) is 0 Å². The number of nitrogens with one attached hydrogen (secondary N) is 1. The number of hydrogen-bond acceptors (Lipinski definition) is 6. The van der Waals surface area contributed by atoms with E-state index in [1.165, 1.54) is 16.9 Å². The van der Waals surface area contributed by atoms with Gasteiger partial charge in [-0.3, -0.25) is 14.5 Å².